The molecule has 116 valence electrons. The quantitative estimate of drug-likeness (QED) is 0.712. The van der Waals surface area contributed by atoms with Crippen LogP contribution in [0.2, 0.25) is 0 Å². The molecule has 0 saturated carbocycles. The van der Waals surface area contributed by atoms with E-state index in [4.69, 9.17) is 16.3 Å². The summed E-state index contributed by atoms with van der Waals surface area (Å²) >= 11 is 8.06. The molecule has 0 aliphatic heterocycles. The Hall–Kier alpha value is -0.940. The molecule has 3 nitrogen and oxygen atoms in total. The summed E-state index contributed by atoms with van der Waals surface area (Å²) in [7, 11) is 1.47. The molecule has 0 N–H and O–H groups in total. The van der Waals surface area contributed by atoms with Gasteiger partial charge in [-0.3, -0.25) is 0 Å². The fraction of sp³-hybridized carbons (Fsp3) is 0.533. The Morgan fingerprint density at radius 3 is 2.71 bits per heavy atom. The topological polar surface area (TPSA) is 27.1 Å². The van der Waals surface area contributed by atoms with Crippen LogP contribution in [0, 0.1) is 5.82 Å². The van der Waals surface area contributed by atoms with Crippen molar-refractivity contribution in [2.45, 2.75) is 31.7 Å². The van der Waals surface area contributed by atoms with Gasteiger partial charge in [0.05, 0.1) is 23.5 Å². The molecule has 1 aromatic heterocycles. The van der Waals surface area contributed by atoms with Crippen molar-refractivity contribution in [3.8, 4) is 5.75 Å². The number of fused-ring (bicyclic) bond motifs is 1. The molecule has 0 radical (unpaired) electrons. The number of imidazole rings is 1. The summed E-state index contributed by atoms with van der Waals surface area (Å²) in [6.45, 7) is 4.02. The Kier molecular flexibility index (Phi) is 5.38. The minimum Gasteiger partial charge on any atom is -0.494 e. The van der Waals surface area contributed by atoms with E-state index >= 15 is 0 Å². The Morgan fingerprint density at radius 2 is 2.14 bits per heavy atom. The van der Waals surface area contributed by atoms with Crippen LogP contribution in [-0.4, -0.2) is 28.7 Å². The lowest BCUT2D eigenvalue weighted by atomic mass is 10.2. The van der Waals surface area contributed by atoms with E-state index in [1.807, 2.05) is 6.92 Å². The van der Waals surface area contributed by atoms with Crippen LogP contribution in [0.25, 0.3) is 11.0 Å². The third-order valence-electron chi connectivity index (χ3n) is 3.53. The molecular formula is C15H20ClFN2OS. The van der Waals surface area contributed by atoms with Crippen LogP contribution >= 0.6 is 23.4 Å². The van der Waals surface area contributed by atoms with Crippen molar-refractivity contribution < 1.29 is 9.13 Å². The van der Waals surface area contributed by atoms with E-state index in [9.17, 15) is 4.39 Å². The van der Waals surface area contributed by atoms with Gasteiger partial charge in [0, 0.05) is 18.2 Å². The molecular weight excluding hydrogens is 311 g/mol. The summed E-state index contributed by atoms with van der Waals surface area (Å²) in [6, 6.07) is 3.36. The van der Waals surface area contributed by atoms with E-state index in [1.54, 1.807) is 17.8 Å². The van der Waals surface area contributed by atoms with E-state index in [0.717, 1.165) is 23.5 Å². The van der Waals surface area contributed by atoms with Gasteiger partial charge in [0.25, 0.3) is 0 Å². The van der Waals surface area contributed by atoms with Crippen molar-refractivity contribution >= 4 is 34.4 Å². The van der Waals surface area contributed by atoms with Crippen molar-refractivity contribution in [2.75, 3.05) is 19.1 Å². The van der Waals surface area contributed by atoms with Crippen LogP contribution < -0.4 is 4.74 Å². The van der Waals surface area contributed by atoms with E-state index in [0.29, 0.717) is 5.52 Å². The van der Waals surface area contributed by atoms with E-state index in [-0.39, 0.29) is 17.2 Å². The second-order valence-electron chi connectivity index (χ2n) is 5.06. The highest BCUT2D eigenvalue weighted by Crippen LogP contribution is 2.32. The highest BCUT2D eigenvalue weighted by Gasteiger charge is 2.20. The number of ether oxygens (including phenoxy) is 1. The largest absolute Gasteiger partial charge is 0.494 e. The molecule has 0 amide bonds. The third kappa shape index (κ3) is 3.29. The number of benzene rings is 1. The zero-order valence-electron chi connectivity index (χ0n) is 12.7. The molecule has 0 aliphatic carbocycles. The first-order chi connectivity index (χ1) is 9.99. The SMILES string of the molecule is COc1cc2c(cc1F)nc(C(C)Cl)n2C(C)CCSC. The number of nitrogens with zero attached hydrogens (tertiary/aromatic N) is 2. The molecule has 0 saturated heterocycles. The molecule has 2 rings (SSSR count). The van der Waals surface area contributed by atoms with Crippen LogP contribution in [-0.2, 0) is 0 Å². The first kappa shape index (κ1) is 16.4. The van der Waals surface area contributed by atoms with E-state index < -0.39 is 5.82 Å². The van der Waals surface area contributed by atoms with Crippen molar-refractivity contribution in [1.82, 2.24) is 9.55 Å². The zero-order chi connectivity index (χ0) is 15.6. The van der Waals surface area contributed by atoms with Gasteiger partial charge in [-0.05, 0) is 32.3 Å². The minimum atomic E-state index is -0.403. The smallest absolute Gasteiger partial charge is 0.167 e. The number of hydrogen-bond acceptors (Lipinski definition) is 3. The third-order valence-corrected chi connectivity index (χ3v) is 4.37. The average molecular weight is 331 g/mol. The van der Waals surface area contributed by atoms with Crippen molar-refractivity contribution in [1.29, 1.82) is 0 Å². The van der Waals surface area contributed by atoms with Gasteiger partial charge in [-0.25, -0.2) is 9.37 Å². The fourth-order valence-corrected chi connectivity index (χ4v) is 3.16. The highest BCUT2D eigenvalue weighted by molar-refractivity contribution is 7.98. The second kappa shape index (κ2) is 6.88. The van der Waals surface area contributed by atoms with Gasteiger partial charge < -0.3 is 9.30 Å². The number of aromatic nitrogens is 2. The lowest BCUT2D eigenvalue weighted by Crippen LogP contribution is -2.11. The number of thioether (sulfide) groups is 1. The van der Waals surface area contributed by atoms with Crippen molar-refractivity contribution in [2.24, 2.45) is 0 Å². The Balaban J connectivity index is 2.60. The molecule has 2 unspecified atom stereocenters. The van der Waals surface area contributed by atoms with Crippen molar-refractivity contribution in [3.63, 3.8) is 0 Å². The van der Waals surface area contributed by atoms with Crippen LogP contribution in [0.3, 0.4) is 0 Å². The zero-order valence-corrected chi connectivity index (χ0v) is 14.3. The maximum Gasteiger partial charge on any atom is 0.167 e. The van der Waals surface area contributed by atoms with E-state index in [2.05, 4.69) is 22.7 Å². The number of methoxy groups -OCH3 is 1. The van der Waals surface area contributed by atoms with Crippen LogP contribution in [0.4, 0.5) is 4.39 Å². The Morgan fingerprint density at radius 1 is 1.43 bits per heavy atom. The Bertz CT molecular complexity index is 630. The standard InChI is InChI=1S/C15H20ClFN2OS/c1-9(5-6-21-4)19-13-8-14(20-3)11(17)7-12(13)18-15(19)10(2)16/h7-10H,5-6H2,1-4H3. The molecule has 6 heteroatoms. The second-order valence-corrected chi connectivity index (χ2v) is 6.70. The van der Waals surface area contributed by atoms with Gasteiger partial charge in [-0.2, -0.15) is 11.8 Å². The number of halogens is 2. The van der Waals surface area contributed by atoms with Crippen molar-refractivity contribution in [3.05, 3.63) is 23.8 Å². The molecule has 1 aromatic carbocycles. The number of rotatable bonds is 6. The van der Waals surface area contributed by atoms with Gasteiger partial charge in [-0.15, -0.1) is 11.6 Å². The molecule has 0 spiro atoms. The first-order valence-corrected chi connectivity index (χ1v) is 8.71. The molecule has 21 heavy (non-hydrogen) atoms. The van der Waals surface area contributed by atoms with Gasteiger partial charge >= 0.3 is 0 Å². The number of hydrogen-bond donors (Lipinski definition) is 0. The molecule has 0 aliphatic rings. The summed E-state index contributed by atoms with van der Waals surface area (Å²) in [4.78, 5) is 4.51. The van der Waals surface area contributed by atoms with Crippen LogP contribution in [0.5, 0.6) is 5.75 Å². The lowest BCUT2D eigenvalue weighted by molar-refractivity contribution is 0.387. The van der Waals surface area contributed by atoms with Crippen LogP contribution in [0.1, 0.15) is 37.5 Å². The van der Waals surface area contributed by atoms with E-state index in [1.165, 1.54) is 13.2 Å². The lowest BCUT2D eigenvalue weighted by Gasteiger charge is -2.18. The van der Waals surface area contributed by atoms with Crippen LogP contribution in [0.15, 0.2) is 12.1 Å². The normalized spacial score (nSPS) is 14.4. The molecule has 0 fully saturated rings. The summed E-state index contributed by atoms with van der Waals surface area (Å²) < 4.78 is 21.0. The maximum absolute atomic E-state index is 13.9. The predicted molar refractivity (Wildman–Crippen MR) is 88.2 cm³/mol. The van der Waals surface area contributed by atoms with Gasteiger partial charge in [0.15, 0.2) is 11.6 Å². The first-order valence-electron chi connectivity index (χ1n) is 6.88. The molecule has 2 aromatic rings. The summed E-state index contributed by atoms with van der Waals surface area (Å²) in [6.07, 6.45) is 3.09. The minimum absolute atomic E-state index is 0.231. The number of alkyl halides is 1. The van der Waals surface area contributed by atoms with Gasteiger partial charge in [-0.1, -0.05) is 0 Å². The highest BCUT2D eigenvalue weighted by atomic mass is 35.5. The predicted octanol–water partition coefficient (Wildman–Crippen LogP) is 4.80. The monoisotopic (exact) mass is 330 g/mol. The van der Waals surface area contributed by atoms with Gasteiger partial charge in [0.1, 0.15) is 5.82 Å². The fourth-order valence-electron chi connectivity index (χ4n) is 2.43. The molecule has 2 atom stereocenters. The average Bonchev–Trinajstić information content (AvgIpc) is 2.82. The molecule has 1 heterocycles. The molecule has 0 bridgehead atoms. The Labute approximate surface area is 133 Å². The van der Waals surface area contributed by atoms with Gasteiger partial charge in [0.2, 0.25) is 0 Å². The summed E-state index contributed by atoms with van der Waals surface area (Å²) in [5.41, 5.74) is 1.48. The maximum atomic E-state index is 13.9. The summed E-state index contributed by atoms with van der Waals surface area (Å²) in [5, 5.41) is -0.233. The summed E-state index contributed by atoms with van der Waals surface area (Å²) in [5.74, 6) is 1.65.